The zero-order chi connectivity index (χ0) is 18.6. The molecule has 0 fully saturated rings. The molecule has 1 atom stereocenters. The van der Waals surface area contributed by atoms with Gasteiger partial charge in [0.1, 0.15) is 6.54 Å². The summed E-state index contributed by atoms with van der Waals surface area (Å²) in [6.07, 6.45) is 0.0314. The summed E-state index contributed by atoms with van der Waals surface area (Å²) in [5, 5.41) is 2.24. The first-order valence-electron chi connectivity index (χ1n) is 7.53. The smallest absolute Gasteiger partial charge is 0.326 e. The number of carbonyl (C=O) groups is 3. The number of para-hydroxylation sites is 1. The van der Waals surface area contributed by atoms with Crippen LogP contribution in [0.5, 0.6) is 0 Å². The molecule has 0 aliphatic heterocycles. The van der Waals surface area contributed by atoms with Gasteiger partial charge < -0.3 is 10.5 Å². The molecule has 0 bridgehead atoms. The number of hydrogen-bond acceptors (Lipinski definition) is 6. The Bertz CT molecular complexity index is 874. The van der Waals surface area contributed by atoms with Crippen LogP contribution >= 0.6 is 0 Å². The van der Waals surface area contributed by atoms with Gasteiger partial charge in [0, 0.05) is 0 Å². The molecule has 3 amide bonds. The molecule has 0 aliphatic carbocycles. The predicted molar refractivity (Wildman–Crippen MR) is 88.4 cm³/mol. The fourth-order valence-electron chi connectivity index (χ4n) is 2.22. The van der Waals surface area contributed by atoms with E-state index < -0.39 is 42.0 Å². The van der Waals surface area contributed by atoms with Gasteiger partial charge in [-0.1, -0.05) is 26.0 Å². The van der Waals surface area contributed by atoms with Gasteiger partial charge in [-0.3, -0.25) is 24.3 Å². The highest BCUT2D eigenvalue weighted by atomic mass is 16.5. The van der Waals surface area contributed by atoms with E-state index in [1.807, 2.05) is 5.32 Å². The zero-order valence-corrected chi connectivity index (χ0v) is 13.8. The van der Waals surface area contributed by atoms with Crippen molar-refractivity contribution in [3.8, 4) is 0 Å². The van der Waals surface area contributed by atoms with Gasteiger partial charge >= 0.3 is 12.0 Å². The van der Waals surface area contributed by atoms with Crippen LogP contribution in [0.3, 0.4) is 0 Å². The summed E-state index contributed by atoms with van der Waals surface area (Å²) in [6, 6.07) is 5.68. The molecule has 9 nitrogen and oxygen atoms in total. The Morgan fingerprint density at radius 1 is 1.28 bits per heavy atom. The van der Waals surface area contributed by atoms with Gasteiger partial charge in [-0.25, -0.2) is 9.78 Å². The summed E-state index contributed by atoms with van der Waals surface area (Å²) < 4.78 is 6.19. The molecule has 132 valence electrons. The van der Waals surface area contributed by atoms with Crippen molar-refractivity contribution in [1.82, 2.24) is 14.9 Å². The Kier molecular flexibility index (Phi) is 5.48. The van der Waals surface area contributed by atoms with E-state index in [9.17, 15) is 19.2 Å². The topological polar surface area (TPSA) is 133 Å². The second-order valence-corrected chi connectivity index (χ2v) is 5.70. The molecule has 9 heteroatoms. The van der Waals surface area contributed by atoms with Gasteiger partial charge in [0.15, 0.2) is 6.10 Å². The molecule has 0 spiro atoms. The fraction of sp³-hybridized carbons (Fsp3) is 0.312. The van der Waals surface area contributed by atoms with E-state index in [0.29, 0.717) is 10.9 Å². The fourth-order valence-corrected chi connectivity index (χ4v) is 2.22. The molecular weight excluding hydrogens is 328 g/mol. The quantitative estimate of drug-likeness (QED) is 0.741. The van der Waals surface area contributed by atoms with E-state index in [-0.39, 0.29) is 0 Å². The van der Waals surface area contributed by atoms with E-state index in [1.165, 1.54) is 6.33 Å². The van der Waals surface area contributed by atoms with E-state index >= 15 is 0 Å². The van der Waals surface area contributed by atoms with Gasteiger partial charge in [0.05, 0.1) is 17.2 Å². The summed E-state index contributed by atoms with van der Waals surface area (Å²) in [7, 11) is 0. The second-order valence-electron chi connectivity index (χ2n) is 5.70. The van der Waals surface area contributed by atoms with Crippen molar-refractivity contribution in [2.45, 2.75) is 26.5 Å². The number of hydrogen-bond donors (Lipinski definition) is 2. The van der Waals surface area contributed by atoms with Crippen LogP contribution in [0.4, 0.5) is 4.79 Å². The number of aromatic nitrogens is 2. The normalized spacial score (nSPS) is 12.0. The minimum absolute atomic E-state index is 0.365. The third kappa shape index (κ3) is 4.40. The molecule has 0 saturated heterocycles. The number of primary amides is 1. The van der Waals surface area contributed by atoms with Crippen molar-refractivity contribution in [2.24, 2.45) is 11.7 Å². The Labute approximate surface area is 142 Å². The van der Waals surface area contributed by atoms with Crippen molar-refractivity contribution in [3.63, 3.8) is 0 Å². The number of ether oxygens (including phenoxy) is 1. The monoisotopic (exact) mass is 346 g/mol. The van der Waals surface area contributed by atoms with E-state index in [0.717, 1.165) is 4.57 Å². The molecule has 0 aliphatic rings. The molecule has 1 heterocycles. The van der Waals surface area contributed by atoms with Crippen molar-refractivity contribution in [1.29, 1.82) is 0 Å². The highest BCUT2D eigenvalue weighted by Gasteiger charge is 2.27. The van der Waals surface area contributed by atoms with Gasteiger partial charge in [-0.15, -0.1) is 0 Å². The van der Waals surface area contributed by atoms with Gasteiger partial charge in [-0.2, -0.15) is 0 Å². The maximum Gasteiger partial charge on any atom is 0.326 e. The van der Waals surface area contributed by atoms with Crippen molar-refractivity contribution in [3.05, 3.63) is 40.9 Å². The van der Waals surface area contributed by atoms with Crippen LogP contribution in [-0.4, -0.2) is 33.6 Å². The van der Waals surface area contributed by atoms with Crippen LogP contribution in [0.2, 0.25) is 0 Å². The van der Waals surface area contributed by atoms with E-state index in [4.69, 9.17) is 10.5 Å². The average Bonchev–Trinajstić information content (AvgIpc) is 2.54. The standard InChI is InChI=1S/C16H18N4O5/c1-9(2)13(14(22)19-16(17)24)25-12(21)7-20-8-18-11-6-4-3-5-10(11)15(20)23/h3-6,8-9,13H,7H2,1-2H3,(H3,17,19,22,24). The van der Waals surface area contributed by atoms with Crippen LogP contribution < -0.4 is 16.6 Å². The number of fused-ring (bicyclic) bond motifs is 1. The molecule has 0 saturated carbocycles. The van der Waals surface area contributed by atoms with Crippen molar-refractivity contribution < 1.29 is 19.1 Å². The van der Waals surface area contributed by atoms with Crippen molar-refractivity contribution in [2.75, 3.05) is 0 Å². The maximum atomic E-state index is 12.3. The van der Waals surface area contributed by atoms with Gasteiger partial charge in [-0.05, 0) is 18.1 Å². The first kappa shape index (κ1) is 18.1. The van der Waals surface area contributed by atoms with Crippen LogP contribution in [0.1, 0.15) is 13.8 Å². The molecule has 2 aromatic rings. The zero-order valence-electron chi connectivity index (χ0n) is 13.8. The minimum atomic E-state index is -1.20. The number of rotatable bonds is 5. The molecule has 25 heavy (non-hydrogen) atoms. The Morgan fingerprint density at radius 3 is 2.60 bits per heavy atom. The summed E-state index contributed by atoms with van der Waals surface area (Å²) >= 11 is 0. The number of nitrogens with one attached hydrogen (secondary N) is 1. The Balaban J connectivity index is 2.16. The lowest BCUT2D eigenvalue weighted by atomic mass is 10.1. The summed E-state index contributed by atoms with van der Waals surface area (Å²) in [5.41, 5.74) is 5.01. The molecule has 1 unspecified atom stereocenters. The number of benzene rings is 1. The summed E-state index contributed by atoms with van der Waals surface area (Å²) in [5.74, 6) is -2.02. The molecule has 1 aromatic carbocycles. The largest absolute Gasteiger partial charge is 0.451 e. The molecule has 0 radical (unpaired) electrons. The number of imide groups is 1. The van der Waals surface area contributed by atoms with E-state index in [1.54, 1.807) is 38.1 Å². The number of carbonyl (C=O) groups excluding carboxylic acids is 3. The summed E-state index contributed by atoms with van der Waals surface area (Å²) in [6.45, 7) is 2.87. The number of amides is 3. The predicted octanol–water partition coefficient (Wildman–Crippen LogP) is 0.159. The lowest BCUT2D eigenvalue weighted by molar-refractivity contribution is -0.158. The average molecular weight is 346 g/mol. The lowest BCUT2D eigenvalue weighted by Crippen LogP contribution is -2.46. The number of esters is 1. The lowest BCUT2D eigenvalue weighted by Gasteiger charge is -2.20. The van der Waals surface area contributed by atoms with Crippen LogP contribution in [0, 0.1) is 5.92 Å². The maximum absolute atomic E-state index is 12.3. The van der Waals surface area contributed by atoms with Crippen LogP contribution in [-0.2, 0) is 20.9 Å². The number of nitrogens with two attached hydrogens (primary N) is 1. The first-order chi connectivity index (χ1) is 11.8. The number of nitrogens with zero attached hydrogens (tertiary/aromatic N) is 2. The van der Waals surface area contributed by atoms with Gasteiger partial charge in [0.2, 0.25) is 0 Å². The van der Waals surface area contributed by atoms with Crippen LogP contribution in [0.15, 0.2) is 35.4 Å². The highest BCUT2D eigenvalue weighted by molar-refractivity contribution is 5.96. The second kappa shape index (κ2) is 7.56. The highest BCUT2D eigenvalue weighted by Crippen LogP contribution is 2.09. The third-order valence-electron chi connectivity index (χ3n) is 3.40. The molecular formula is C16H18N4O5. The number of urea groups is 1. The molecule has 3 N–H and O–H groups in total. The van der Waals surface area contributed by atoms with Crippen molar-refractivity contribution >= 4 is 28.8 Å². The van der Waals surface area contributed by atoms with Crippen LogP contribution in [0.25, 0.3) is 10.9 Å². The minimum Gasteiger partial charge on any atom is -0.451 e. The molecule has 2 rings (SSSR count). The van der Waals surface area contributed by atoms with Gasteiger partial charge in [0.25, 0.3) is 11.5 Å². The third-order valence-corrected chi connectivity index (χ3v) is 3.40. The SMILES string of the molecule is CC(C)C(OC(=O)Cn1cnc2ccccc2c1=O)C(=O)NC(N)=O. The molecule has 1 aromatic heterocycles. The van der Waals surface area contributed by atoms with E-state index in [2.05, 4.69) is 4.98 Å². The first-order valence-corrected chi connectivity index (χ1v) is 7.53. The Morgan fingerprint density at radius 2 is 1.96 bits per heavy atom. The summed E-state index contributed by atoms with van der Waals surface area (Å²) in [4.78, 5) is 51.2. The Hall–Kier alpha value is -3.23.